The van der Waals surface area contributed by atoms with Crippen LogP contribution in [0.5, 0.6) is 0 Å². The molecule has 0 spiro atoms. The number of amides is 3. The summed E-state index contributed by atoms with van der Waals surface area (Å²) in [6.45, 7) is 8.38. The first-order valence-electron chi connectivity index (χ1n) is 19.0. The van der Waals surface area contributed by atoms with E-state index in [-0.39, 0.29) is 37.3 Å². The summed E-state index contributed by atoms with van der Waals surface area (Å²) in [5.74, 6) is 0.531. The van der Waals surface area contributed by atoms with Crippen molar-refractivity contribution < 1.29 is 18.3 Å². The highest BCUT2D eigenvalue weighted by molar-refractivity contribution is 7.92. The number of carbonyl (C=O) groups is 3. The molecule has 2 fully saturated rings. The Balaban J connectivity index is 1.12. The van der Waals surface area contributed by atoms with Crippen LogP contribution in [-0.2, 0) is 21.4 Å². The first kappa shape index (κ1) is 38.9. The van der Waals surface area contributed by atoms with E-state index in [1.54, 1.807) is 6.07 Å². The van der Waals surface area contributed by atoms with Gasteiger partial charge in [-0.05, 0) is 78.5 Å². The number of nitrogens with zero attached hydrogens (tertiary/aromatic N) is 5. The van der Waals surface area contributed by atoms with Gasteiger partial charge in [0.1, 0.15) is 6.04 Å². The third-order valence-electron chi connectivity index (χ3n) is 11.4. The van der Waals surface area contributed by atoms with E-state index in [0.29, 0.717) is 16.3 Å². The molecule has 3 amide bonds. The van der Waals surface area contributed by atoms with Crippen molar-refractivity contribution in [3.05, 3.63) is 80.7 Å². The second-order valence-corrected chi connectivity index (χ2v) is 17.6. The van der Waals surface area contributed by atoms with Crippen LogP contribution >= 0.6 is 23.7 Å². The van der Waals surface area contributed by atoms with Crippen LogP contribution in [0.25, 0.3) is 17.0 Å². The Morgan fingerprint density at radius 2 is 1.68 bits per heavy atom. The lowest BCUT2D eigenvalue weighted by Crippen LogP contribution is -2.58. The largest absolute Gasteiger partial charge is 0.339 e. The maximum atomic E-state index is 14.7. The molecule has 3 aromatic rings. The van der Waals surface area contributed by atoms with Gasteiger partial charge in [-0.15, -0.1) is 20.1 Å². The summed E-state index contributed by atoms with van der Waals surface area (Å²) in [5, 5.41) is 2.48. The number of hydrogen-bond donors (Lipinski definition) is 0. The van der Waals surface area contributed by atoms with E-state index in [9.17, 15) is 23.2 Å². The molecule has 2 aliphatic carbocycles. The van der Waals surface area contributed by atoms with E-state index in [4.69, 9.17) is 9.97 Å². The van der Waals surface area contributed by atoms with Crippen LogP contribution in [0.15, 0.2) is 60.0 Å². The summed E-state index contributed by atoms with van der Waals surface area (Å²) >= 11 is 0.987. The van der Waals surface area contributed by atoms with Gasteiger partial charge in [0.05, 0.1) is 10.8 Å². The molecule has 0 bridgehead atoms. The van der Waals surface area contributed by atoms with Gasteiger partial charge in [-0.25, -0.2) is 14.3 Å². The zero-order valence-electron chi connectivity index (χ0n) is 31.1. The summed E-state index contributed by atoms with van der Waals surface area (Å²) in [5.41, 5.74) is 3.68. The van der Waals surface area contributed by atoms with Crippen molar-refractivity contribution in [2.75, 3.05) is 13.1 Å². The van der Waals surface area contributed by atoms with E-state index < -0.39 is 29.7 Å². The van der Waals surface area contributed by atoms with Crippen LogP contribution in [0, 0.1) is 28.6 Å². The fraction of sp³-hybridized carbons (Fsp3) is 0.537. The third-order valence-corrected chi connectivity index (χ3v) is 13.5. The van der Waals surface area contributed by atoms with E-state index in [1.165, 1.54) is 66.8 Å². The molecule has 0 radical (unpaired) electrons. The van der Waals surface area contributed by atoms with Crippen LogP contribution < -0.4 is 0 Å². The van der Waals surface area contributed by atoms with Crippen LogP contribution in [0.4, 0.5) is 3.89 Å². The fourth-order valence-electron chi connectivity index (χ4n) is 8.11. The zero-order valence-corrected chi connectivity index (χ0v) is 32.8. The lowest BCUT2D eigenvalue weighted by atomic mass is 9.70. The molecule has 282 valence electrons. The molecule has 6 rings (SSSR count). The molecule has 1 saturated carbocycles. The van der Waals surface area contributed by atoms with Gasteiger partial charge in [0.15, 0.2) is 18.2 Å². The van der Waals surface area contributed by atoms with E-state index in [0.717, 1.165) is 50.9 Å². The van der Waals surface area contributed by atoms with Gasteiger partial charge in [-0.3, -0.25) is 14.4 Å². The minimum absolute atomic E-state index is 0.00412. The highest BCUT2D eigenvalue weighted by Crippen LogP contribution is 2.42. The normalized spacial score (nSPS) is 21.3. The Bertz CT molecular complexity index is 1790. The quantitative estimate of drug-likeness (QED) is 0.134. The number of hydrogen-bond acceptors (Lipinski definition) is 8. The van der Waals surface area contributed by atoms with Crippen LogP contribution in [0.1, 0.15) is 111 Å². The van der Waals surface area contributed by atoms with Crippen molar-refractivity contribution >= 4 is 47.0 Å². The number of carbonyl (C=O) groups excluding carboxylic acids is 3. The molecule has 1 unspecified atom stereocenters. The lowest BCUT2D eigenvalue weighted by Gasteiger charge is -2.40. The van der Waals surface area contributed by atoms with Crippen LogP contribution in [-0.4, -0.2) is 56.0 Å². The summed E-state index contributed by atoms with van der Waals surface area (Å²) in [6, 6.07) is 9.71. The Morgan fingerprint density at radius 3 is 2.25 bits per heavy atom. The van der Waals surface area contributed by atoms with Crippen molar-refractivity contribution in [3.63, 3.8) is 0 Å². The van der Waals surface area contributed by atoms with Gasteiger partial charge in [0, 0.05) is 53.1 Å². The summed E-state index contributed by atoms with van der Waals surface area (Å²) in [6.07, 6.45) is 17.9. The number of rotatable bonds is 12. The van der Waals surface area contributed by atoms with Crippen LogP contribution in [0.2, 0.25) is 0 Å². The monoisotopic (exact) mass is 759 g/mol. The van der Waals surface area contributed by atoms with E-state index in [2.05, 4.69) is 18.2 Å². The molecule has 2 atom stereocenters. The second kappa shape index (κ2) is 17.1. The molecule has 53 heavy (non-hydrogen) atoms. The molecule has 0 N–H and O–H groups in total. The number of aromatic nitrogens is 2. The first-order valence-corrected chi connectivity index (χ1v) is 20.5. The molecular formula is C41H50FN5O4S2. The maximum absolute atomic E-state index is 14.7. The van der Waals surface area contributed by atoms with Gasteiger partial charge in [-0.1, -0.05) is 83.7 Å². The Hall–Kier alpha value is -3.77. The molecule has 12 heteroatoms. The Morgan fingerprint density at radius 1 is 0.981 bits per heavy atom. The van der Waals surface area contributed by atoms with Gasteiger partial charge in [0.25, 0.3) is 11.8 Å². The molecule has 1 aliphatic heterocycles. The summed E-state index contributed by atoms with van der Waals surface area (Å²) in [7, 11) is 0. The molecule has 1 aromatic carbocycles. The standard InChI is InChI=1S/C41H50FN5O4S2/c1-5-6-26-7-11-28(12-8-26)29-15-17-30(18-16-29)32-22-43-37(44-23-32)31-13-9-27(10-14-31)21-34(39(49)46-24-33(25-46)38(48)45-51)47(53-42)40(50)35-19-20-36(52-35)41(2,3)4/h9-10,13-14,17,19-20,22-23,26,28-29,33-34H,5-8,11-12,15-16,18,21,24-25H2,1-4H3/t26?,28?,29?,34-/m0/s1. The second-order valence-electron chi connectivity index (χ2n) is 16.0. The number of nitroso groups, excluding NO2 is 1. The number of benzene rings is 1. The number of halogens is 1. The van der Waals surface area contributed by atoms with Gasteiger partial charge in [-0.2, -0.15) is 0 Å². The molecule has 1 saturated heterocycles. The van der Waals surface area contributed by atoms with Gasteiger partial charge in [0.2, 0.25) is 5.91 Å². The highest BCUT2D eigenvalue weighted by atomic mass is 32.2. The minimum atomic E-state index is -1.20. The minimum Gasteiger partial charge on any atom is -0.339 e. The maximum Gasteiger partial charge on any atom is 0.292 e. The van der Waals surface area contributed by atoms with Crippen molar-refractivity contribution in [2.24, 2.45) is 28.8 Å². The molecular weight excluding hydrogens is 710 g/mol. The van der Waals surface area contributed by atoms with Crippen molar-refractivity contribution in [1.82, 2.24) is 19.2 Å². The SMILES string of the molecule is CCCC1CCC(C2CC=C(c3cnc(-c4ccc(C[C@@H](C(=O)N5CC(C(=O)N=O)C5)N(SF)C(=O)c5ccc(C(C)(C)C)s5)cc4)nc3)CC2)CC1. The molecule has 2 aromatic heterocycles. The summed E-state index contributed by atoms with van der Waals surface area (Å²) in [4.78, 5) is 62.0. The van der Waals surface area contributed by atoms with Crippen molar-refractivity contribution in [1.29, 1.82) is 0 Å². The molecule has 3 aliphatic rings. The van der Waals surface area contributed by atoms with Crippen molar-refractivity contribution in [2.45, 2.75) is 103 Å². The number of thiophene rings is 1. The molecule has 3 heterocycles. The predicted molar refractivity (Wildman–Crippen MR) is 209 cm³/mol. The smallest absolute Gasteiger partial charge is 0.292 e. The van der Waals surface area contributed by atoms with Crippen LogP contribution in [0.3, 0.4) is 0 Å². The lowest BCUT2D eigenvalue weighted by molar-refractivity contribution is -0.144. The zero-order chi connectivity index (χ0) is 37.7. The van der Waals surface area contributed by atoms with Gasteiger partial charge < -0.3 is 4.90 Å². The highest BCUT2D eigenvalue weighted by Gasteiger charge is 2.42. The third kappa shape index (κ3) is 9.13. The number of likely N-dealkylation sites (tertiary alicyclic amines) is 1. The van der Waals surface area contributed by atoms with E-state index >= 15 is 0 Å². The first-order chi connectivity index (χ1) is 25.5. The summed E-state index contributed by atoms with van der Waals surface area (Å²) < 4.78 is 15.6. The Labute approximate surface area is 320 Å². The molecule has 9 nitrogen and oxygen atoms in total. The average Bonchev–Trinajstić information content (AvgIpc) is 3.67. The fourth-order valence-corrected chi connectivity index (χ4v) is 9.59. The van der Waals surface area contributed by atoms with Gasteiger partial charge >= 0.3 is 0 Å². The predicted octanol–water partition coefficient (Wildman–Crippen LogP) is 9.63. The van der Waals surface area contributed by atoms with E-state index in [1.807, 2.05) is 63.5 Å². The van der Waals surface area contributed by atoms with Crippen molar-refractivity contribution in [3.8, 4) is 11.4 Å². The topological polar surface area (TPSA) is 113 Å². The Kier molecular flexibility index (Phi) is 12.6. The number of allylic oxidation sites excluding steroid dienone is 2. The average molecular weight is 760 g/mol.